The van der Waals surface area contributed by atoms with Crippen LogP contribution in [0.5, 0.6) is 17.2 Å². The van der Waals surface area contributed by atoms with Crippen molar-refractivity contribution >= 4 is 15.8 Å². The van der Waals surface area contributed by atoms with Gasteiger partial charge in [0.05, 0.1) is 45.6 Å². The molecule has 6 aromatic rings. The SMILES string of the molecule is COc1ccc(CN(Cc2ccc(OC)cc2)S(=O)(=O)c2c(C(F)(F)F)ccc(C#Cc3cnc(N)c(CO)c3)c2-c2nnnn2Cc2ccc(OC)cc2)cc1. The molecule has 4 aromatic carbocycles. The maximum absolute atomic E-state index is 15.2. The van der Waals surface area contributed by atoms with Gasteiger partial charge in [0.1, 0.15) is 28.0 Å². The number of nitrogens with zero attached hydrogens (tertiary/aromatic N) is 6. The Morgan fingerprint density at radius 2 is 1.35 bits per heavy atom. The van der Waals surface area contributed by atoms with E-state index in [9.17, 15) is 5.11 Å². The summed E-state index contributed by atoms with van der Waals surface area (Å²) in [6.45, 7) is -1.16. The highest BCUT2D eigenvalue weighted by Gasteiger charge is 2.43. The minimum Gasteiger partial charge on any atom is -0.497 e. The van der Waals surface area contributed by atoms with Crippen molar-refractivity contribution in [3.63, 3.8) is 0 Å². The van der Waals surface area contributed by atoms with E-state index >= 15 is 21.6 Å². The number of halogens is 3. The van der Waals surface area contributed by atoms with E-state index in [1.165, 1.54) is 38.3 Å². The maximum atomic E-state index is 15.2. The minimum absolute atomic E-state index is 0.0575. The van der Waals surface area contributed by atoms with Gasteiger partial charge in [-0.25, -0.2) is 18.1 Å². The predicted molar refractivity (Wildman–Crippen MR) is 203 cm³/mol. The average Bonchev–Trinajstić information content (AvgIpc) is 3.67. The number of methoxy groups -OCH3 is 3. The normalized spacial score (nSPS) is 11.6. The lowest BCUT2D eigenvalue weighted by Gasteiger charge is -2.26. The van der Waals surface area contributed by atoms with E-state index in [1.54, 1.807) is 72.8 Å². The summed E-state index contributed by atoms with van der Waals surface area (Å²) in [5.74, 6) is 7.01. The van der Waals surface area contributed by atoms with Gasteiger partial charge in [0.25, 0.3) is 0 Å². The van der Waals surface area contributed by atoms with Gasteiger partial charge in [-0.3, -0.25) is 0 Å². The first-order valence-corrected chi connectivity index (χ1v) is 18.6. The molecule has 0 aliphatic carbocycles. The molecular weight excluding hydrogens is 764 g/mol. The van der Waals surface area contributed by atoms with Crippen LogP contribution >= 0.6 is 0 Å². The molecule has 0 bridgehead atoms. The van der Waals surface area contributed by atoms with Gasteiger partial charge < -0.3 is 25.1 Å². The lowest BCUT2D eigenvalue weighted by atomic mass is 10.0. The third-order valence-electron chi connectivity index (χ3n) is 8.86. The number of aliphatic hydroxyl groups excluding tert-OH is 1. The molecule has 0 saturated carbocycles. The Balaban J connectivity index is 1.61. The number of benzene rings is 4. The molecule has 0 aliphatic heterocycles. The van der Waals surface area contributed by atoms with Crippen molar-refractivity contribution in [2.45, 2.75) is 37.3 Å². The van der Waals surface area contributed by atoms with Crippen LogP contribution in [0.2, 0.25) is 0 Å². The quantitative estimate of drug-likeness (QED) is 0.138. The van der Waals surface area contributed by atoms with Crippen molar-refractivity contribution in [1.29, 1.82) is 0 Å². The second kappa shape index (κ2) is 17.1. The zero-order chi connectivity index (χ0) is 40.7. The molecular formula is C40H36F3N7O6S. The number of sulfonamides is 1. The third-order valence-corrected chi connectivity index (χ3v) is 10.7. The van der Waals surface area contributed by atoms with Gasteiger partial charge in [0.2, 0.25) is 10.0 Å². The molecule has 6 rings (SSSR count). The Labute approximate surface area is 326 Å². The first-order chi connectivity index (χ1) is 27.3. The van der Waals surface area contributed by atoms with Gasteiger partial charge in [-0.05, 0) is 81.7 Å². The van der Waals surface area contributed by atoms with E-state index in [4.69, 9.17) is 19.9 Å². The molecule has 0 saturated heterocycles. The predicted octanol–water partition coefficient (Wildman–Crippen LogP) is 5.69. The summed E-state index contributed by atoms with van der Waals surface area (Å²) in [6.07, 6.45) is -3.84. The lowest BCUT2D eigenvalue weighted by Crippen LogP contribution is -2.32. The molecule has 0 aliphatic rings. The molecule has 57 heavy (non-hydrogen) atoms. The van der Waals surface area contributed by atoms with Gasteiger partial charge in [-0.1, -0.05) is 48.2 Å². The van der Waals surface area contributed by atoms with E-state index in [1.807, 2.05) is 0 Å². The van der Waals surface area contributed by atoms with Gasteiger partial charge in [-0.15, -0.1) is 5.10 Å². The molecule has 0 fully saturated rings. The highest BCUT2D eigenvalue weighted by Crippen LogP contribution is 2.42. The number of pyridine rings is 1. The number of hydrogen-bond acceptors (Lipinski definition) is 11. The molecule has 294 valence electrons. The van der Waals surface area contributed by atoms with Gasteiger partial charge in [0.15, 0.2) is 5.82 Å². The van der Waals surface area contributed by atoms with Gasteiger partial charge in [0, 0.05) is 36.0 Å². The van der Waals surface area contributed by atoms with Crippen molar-refractivity contribution in [2.24, 2.45) is 0 Å². The van der Waals surface area contributed by atoms with Crippen LogP contribution in [0.1, 0.15) is 38.9 Å². The van der Waals surface area contributed by atoms with Crippen LogP contribution in [0.4, 0.5) is 19.0 Å². The molecule has 2 aromatic heterocycles. The van der Waals surface area contributed by atoms with Crippen LogP contribution in [-0.4, -0.2) is 64.4 Å². The molecule has 2 heterocycles. The molecule has 17 heteroatoms. The minimum atomic E-state index is -5.17. The smallest absolute Gasteiger partial charge is 0.417 e. The first kappa shape index (κ1) is 40.2. The Bertz CT molecular complexity index is 2470. The Kier molecular flexibility index (Phi) is 12.1. The molecule has 3 N–H and O–H groups in total. The van der Waals surface area contributed by atoms with E-state index in [0.717, 1.165) is 10.4 Å². The van der Waals surface area contributed by atoms with Gasteiger partial charge >= 0.3 is 6.18 Å². The van der Waals surface area contributed by atoms with Crippen molar-refractivity contribution in [3.8, 4) is 40.5 Å². The van der Waals surface area contributed by atoms with Crippen LogP contribution in [0.25, 0.3) is 11.4 Å². The van der Waals surface area contributed by atoms with Gasteiger partial charge in [-0.2, -0.15) is 17.5 Å². The van der Waals surface area contributed by atoms with Crippen LogP contribution in [-0.2, 0) is 42.4 Å². The van der Waals surface area contributed by atoms with E-state index in [-0.39, 0.29) is 48.0 Å². The highest BCUT2D eigenvalue weighted by atomic mass is 32.2. The molecule has 0 atom stereocenters. The summed E-state index contributed by atoms with van der Waals surface area (Å²) >= 11 is 0. The van der Waals surface area contributed by atoms with Crippen molar-refractivity contribution in [1.82, 2.24) is 29.5 Å². The van der Waals surface area contributed by atoms with Crippen molar-refractivity contribution in [2.75, 3.05) is 27.1 Å². The number of nitrogens with two attached hydrogens (primary N) is 1. The molecule has 0 spiro atoms. The molecule has 0 amide bonds. The average molecular weight is 800 g/mol. The zero-order valence-corrected chi connectivity index (χ0v) is 31.7. The number of rotatable bonds is 13. The number of tetrazole rings is 1. The third kappa shape index (κ3) is 9.15. The van der Waals surface area contributed by atoms with Crippen molar-refractivity contribution in [3.05, 3.63) is 136 Å². The molecule has 0 unspecified atom stereocenters. The number of alkyl halides is 3. The fraction of sp³-hybridized carbons (Fsp3) is 0.200. The van der Waals surface area contributed by atoms with Crippen LogP contribution < -0.4 is 19.9 Å². The lowest BCUT2D eigenvalue weighted by molar-refractivity contribution is -0.139. The van der Waals surface area contributed by atoms with E-state index in [2.05, 4.69) is 32.4 Å². The number of aliphatic hydroxyl groups is 1. The number of ether oxygens (including phenoxy) is 3. The molecule has 13 nitrogen and oxygen atoms in total. The monoisotopic (exact) mass is 799 g/mol. The molecule has 0 radical (unpaired) electrons. The number of anilines is 1. The van der Waals surface area contributed by atoms with Crippen LogP contribution in [0.3, 0.4) is 0 Å². The second-order valence-electron chi connectivity index (χ2n) is 12.5. The summed E-state index contributed by atoms with van der Waals surface area (Å²) in [4.78, 5) is 2.94. The Morgan fingerprint density at radius 1 is 0.807 bits per heavy atom. The summed E-state index contributed by atoms with van der Waals surface area (Å²) in [7, 11) is -0.669. The van der Waals surface area contributed by atoms with Crippen LogP contribution in [0.15, 0.2) is 102 Å². The van der Waals surface area contributed by atoms with Crippen molar-refractivity contribution < 1.29 is 40.9 Å². The number of hydrogen-bond donors (Lipinski definition) is 2. The first-order valence-electron chi connectivity index (χ1n) is 17.1. The largest absolute Gasteiger partial charge is 0.497 e. The van der Waals surface area contributed by atoms with E-state index < -0.39 is 38.8 Å². The number of nitrogen functional groups attached to an aromatic ring is 1. The summed E-state index contributed by atoms with van der Waals surface area (Å²) < 4.78 is 94.1. The fourth-order valence-corrected chi connectivity index (χ4v) is 7.69. The standard InChI is InChI=1S/C40H36F3N7O6S/c1-54-32-13-5-26(6-14-32)22-49(23-27-7-15-33(55-2)16-8-27)57(52,53)37-35(40(41,42)43)19-12-30(11-4-29-20-31(25-51)38(44)45-21-29)36(37)39-46-47-48-50(39)24-28-9-17-34(56-3)18-10-28/h5-10,12-21,51H,22-25H2,1-3H3,(H2,44,45). The number of aromatic nitrogens is 5. The Morgan fingerprint density at radius 3 is 1.86 bits per heavy atom. The fourth-order valence-electron chi connectivity index (χ4n) is 5.87. The van der Waals surface area contributed by atoms with Crippen LogP contribution in [0, 0.1) is 11.8 Å². The Hall–Kier alpha value is -6.48. The summed E-state index contributed by atoms with van der Waals surface area (Å²) in [5, 5.41) is 21.7. The second-order valence-corrected chi connectivity index (χ2v) is 14.4. The maximum Gasteiger partial charge on any atom is 0.417 e. The summed E-state index contributed by atoms with van der Waals surface area (Å²) in [5.41, 5.74) is 5.88. The zero-order valence-electron chi connectivity index (χ0n) is 30.9. The highest BCUT2D eigenvalue weighted by molar-refractivity contribution is 7.89. The topological polar surface area (TPSA) is 168 Å². The van der Waals surface area contributed by atoms with E-state index in [0.29, 0.717) is 40.0 Å². The summed E-state index contributed by atoms with van der Waals surface area (Å²) in [6, 6.07) is 23.0.